The van der Waals surface area contributed by atoms with E-state index in [9.17, 15) is 10.2 Å². The van der Waals surface area contributed by atoms with Gasteiger partial charge in [-0.25, -0.2) is 0 Å². The molecular formula is C86H162O6. The quantitative estimate of drug-likeness (QED) is 0.287. The Labute approximate surface area is 574 Å². The minimum atomic E-state index is -0.194. The molecule has 92 heavy (non-hydrogen) atoms. The lowest BCUT2D eigenvalue weighted by Gasteiger charge is -2.23. The molecule has 5 saturated carbocycles. The van der Waals surface area contributed by atoms with E-state index in [1.54, 1.807) is 0 Å². The van der Waals surface area contributed by atoms with Crippen molar-refractivity contribution in [2.75, 3.05) is 52.9 Å². The first-order valence-corrected chi connectivity index (χ1v) is 42.1. The average Bonchev–Trinajstić information content (AvgIpc) is 1.92. The van der Waals surface area contributed by atoms with Crippen LogP contribution in [-0.4, -0.2) is 75.3 Å². The fourth-order valence-electron chi connectivity index (χ4n) is 20.1. The van der Waals surface area contributed by atoms with Gasteiger partial charge in [0.1, 0.15) is 12.2 Å². The number of aliphatic hydroxyl groups is 2. The monoisotopic (exact) mass is 1290 g/mol. The van der Waals surface area contributed by atoms with Gasteiger partial charge in [0.15, 0.2) is 0 Å². The summed E-state index contributed by atoms with van der Waals surface area (Å²) in [6.07, 6.45) is 61.1. The van der Waals surface area contributed by atoms with Crippen molar-refractivity contribution in [2.24, 2.45) is 124 Å². The standard InChI is InChI=1S/C86H162O6/c1-64-19-12-26-71(8)79-41-37-75(55-79)30-16-23-68(5)47-51-89-62-85(60-87)91-53-48-69(6)24-17-31-76-38-42-80(56-76)73(10)28-14-21-66(3)35-36-67(4)22-15-29-74(11)82-45-46-84(59-82)83-44-40-78(58-83)50-52-90-63-86(61-88)92-54-49-70(7)25-18-32-77-39-43-81(57-77)72(9)27-13-20-65(2)34-33-64/h64-88H,12-63H2,1-11H3. The van der Waals surface area contributed by atoms with Gasteiger partial charge in [-0.2, -0.15) is 0 Å². The van der Waals surface area contributed by atoms with Crippen LogP contribution in [0.2, 0.25) is 0 Å². The molecular weight excluding hydrogens is 1130 g/mol. The van der Waals surface area contributed by atoms with Crippen molar-refractivity contribution >= 4 is 0 Å². The number of hydrogen-bond acceptors (Lipinski definition) is 6. The maximum absolute atomic E-state index is 10.2. The van der Waals surface area contributed by atoms with E-state index in [1.165, 1.54) is 263 Å². The normalized spacial score (nSPS) is 41.8. The molecule has 1 aliphatic heterocycles. The van der Waals surface area contributed by atoms with Crippen molar-refractivity contribution in [3.63, 3.8) is 0 Å². The van der Waals surface area contributed by atoms with E-state index in [0.717, 1.165) is 152 Å². The maximum atomic E-state index is 10.2. The number of fused-ring (bicyclic) bond motifs is 11. The molecule has 0 amide bonds. The van der Waals surface area contributed by atoms with Crippen molar-refractivity contribution in [1.29, 1.82) is 0 Å². The van der Waals surface area contributed by atoms with Crippen LogP contribution < -0.4 is 0 Å². The molecule has 6 aliphatic rings. The van der Waals surface area contributed by atoms with Gasteiger partial charge in [-0.3, -0.25) is 0 Å². The molecule has 10 bridgehead atoms. The highest BCUT2D eigenvalue weighted by Crippen LogP contribution is 2.49. The predicted molar refractivity (Wildman–Crippen MR) is 394 cm³/mol. The Kier molecular flexibility index (Phi) is 41.2. The van der Waals surface area contributed by atoms with Crippen LogP contribution in [0, 0.1) is 124 Å². The van der Waals surface area contributed by atoms with Crippen LogP contribution in [0.1, 0.15) is 359 Å². The zero-order chi connectivity index (χ0) is 65.9. The highest BCUT2D eigenvalue weighted by Gasteiger charge is 2.38. The third kappa shape index (κ3) is 32.8. The largest absolute Gasteiger partial charge is 0.394 e. The molecule has 6 nitrogen and oxygen atoms in total. The van der Waals surface area contributed by atoms with Gasteiger partial charge in [-0.05, 0) is 221 Å². The molecule has 23 atom stereocenters. The van der Waals surface area contributed by atoms with E-state index in [0.29, 0.717) is 31.0 Å². The van der Waals surface area contributed by atoms with Crippen LogP contribution in [0.25, 0.3) is 0 Å². The summed E-state index contributed by atoms with van der Waals surface area (Å²) in [5.74, 6) is 18.5. The molecule has 23 unspecified atom stereocenters. The average molecular weight is 1290 g/mol. The Morgan fingerprint density at radius 1 is 0.228 bits per heavy atom. The van der Waals surface area contributed by atoms with E-state index in [4.69, 9.17) is 18.9 Å². The van der Waals surface area contributed by atoms with Gasteiger partial charge in [0, 0.05) is 26.4 Å². The highest BCUT2D eigenvalue weighted by molar-refractivity contribution is 4.89. The molecule has 6 heteroatoms. The molecule has 1 heterocycles. The topological polar surface area (TPSA) is 77.4 Å². The Balaban J connectivity index is 0.853. The van der Waals surface area contributed by atoms with Crippen LogP contribution in [0.5, 0.6) is 0 Å². The van der Waals surface area contributed by atoms with Crippen LogP contribution >= 0.6 is 0 Å². The summed E-state index contributed by atoms with van der Waals surface area (Å²) in [7, 11) is 0. The van der Waals surface area contributed by atoms with Gasteiger partial charge in [-0.1, -0.05) is 262 Å². The molecule has 0 aromatic carbocycles. The number of hydrogen-bond donors (Lipinski definition) is 2. The smallest absolute Gasteiger partial charge is 0.104 e. The SMILES string of the molecule is CC1CCCC2CCC(C2)C(C)CCCC(C)CCC(C)CCCC(C)C2CCC(CCCC(C)CCOC(CO)COCCC3CCC(C3)C3CCC(C3)C(C)CCCC(C)CCC(C)CCCC(C)C3CCC(CCCC(C)CCOC(CO)COCC1)C3)C2. The summed E-state index contributed by atoms with van der Waals surface area (Å²) in [6.45, 7) is 32.0. The summed E-state index contributed by atoms with van der Waals surface area (Å²) >= 11 is 0. The van der Waals surface area contributed by atoms with Crippen molar-refractivity contribution in [1.82, 2.24) is 0 Å². The number of rotatable bonds is 2. The van der Waals surface area contributed by atoms with Gasteiger partial charge in [0.05, 0.1) is 26.4 Å². The van der Waals surface area contributed by atoms with Crippen LogP contribution in [-0.2, 0) is 18.9 Å². The first-order valence-electron chi connectivity index (χ1n) is 42.1. The molecule has 6 rings (SSSR count). The maximum Gasteiger partial charge on any atom is 0.104 e. The molecule has 0 aromatic heterocycles. The van der Waals surface area contributed by atoms with Crippen LogP contribution in [0.15, 0.2) is 0 Å². The summed E-state index contributed by atoms with van der Waals surface area (Å²) in [6, 6.07) is 0. The van der Waals surface area contributed by atoms with Crippen LogP contribution in [0.4, 0.5) is 0 Å². The molecule has 0 spiro atoms. The zero-order valence-electron chi connectivity index (χ0n) is 63.6. The van der Waals surface area contributed by atoms with Gasteiger partial charge < -0.3 is 29.2 Å². The fourth-order valence-corrected chi connectivity index (χ4v) is 20.1. The molecule has 0 radical (unpaired) electrons. The van der Waals surface area contributed by atoms with E-state index in [2.05, 4.69) is 76.2 Å². The summed E-state index contributed by atoms with van der Waals surface area (Å²) in [5, 5.41) is 20.3. The molecule has 0 aromatic rings. The van der Waals surface area contributed by atoms with Crippen LogP contribution in [0.3, 0.4) is 0 Å². The molecule has 2 N–H and O–H groups in total. The second-order valence-corrected chi connectivity index (χ2v) is 36.1. The first kappa shape index (κ1) is 80.7. The lowest BCUT2D eigenvalue weighted by molar-refractivity contribution is -0.0471. The zero-order valence-corrected chi connectivity index (χ0v) is 63.6. The van der Waals surface area contributed by atoms with E-state index < -0.39 is 0 Å². The van der Waals surface area contributed by atoms with Crippen molar-refractivity contribution in [3.8, 4) is 0 Å². The van der Waals surface area contributed by atoms with Crippen molar-refractivity contribution in [3.05, 3.63) is 0 Å². The van der Waals surface area contributed by atoms with Gasteiger partial charge >= 0.3 is 0 Å². The molecule has 6 fully saturated rings. The summed E-state index contributed by atoms with van der Waals surface area (Å²) in [4.78, 5) is 0. The number of ether oxygens (including phenoxy) is 4. The number of aliphatic hydroxyl groups excluding tert-OH is 2. The van der Waals surface area contributed by atoms with Gasteiger partial charge in [0.25, 0.3) is 0 Å². The lowest BCUT2D eigenvalue weighted by Crippen LogP contribution is -2.25. The van der Waals surface area contributed by atoms with Gasteiger partial charge in [-0.15, -0.1) is 0 Å². The molecule has 5 aliphatic carbocycles. The van der Waals surface area contributed by atoms with E-state index in [1.807, 2.05) is 0 Å². The summed E-state index contributed by atoms with van der Waals surface area (Å²) < 4.78 is 24.7. The van der Waals surface area contributed by atoms with Crippen molar-refractivity contribution < 1.29 is 29.2 Å². The second kappa shape index (κ2) is 47.0. The third-order valence-electron chi connectivity index (χ3n) is 27.8. The highest BCUT2D eigenvalue weighted by atomic mass is 16.5. The Bertz CT molecular complexity index is 1770. The minimum absolute atomic E-state index is 0.0520. The van der Waals surface area contributed by atoms with Crippen molar-refractivity contribution in [2.45, 2.75) is 371 Å². The fraction of sp³-hybridized carbons (Fsp3) is 1.00. The minimum Gasteiger partial charge on any atom is -0.394 e. The van der Waals surface area contributed by atoms with Gasteiger partial charge in [0.2, 0.25) is 0 Å². The molecule has 542 valence electrons. The predicted octanol–water partition coefficient (Wildman–Crippen LogP) is 24.2. The molecule has 1 saturated heterocycles. The lowest BCUT2D eigenvalue weighted by atomic mass is 9.83. The summed E-state index contributed by atoms with van der Waals surface area (Å²) in [5.41, 5.74) is 0. The second-order valence-electron chi connectivity index (χ2n) is 36.1. The van der Waals surface area contributed by atoms with E-state index in [-0.39, 0.29) is 25.4 Å². The first-order chi connectivity index (χ1) is 44.5. The Morgan fingerprint density at radius 3 is 0.837 bits per heavy atom. The third-order valence-corrected chi connectivity index (χ3v) is 27.8. The van der Waals surface area contributed by atoms with E-state index >= 15 is 0 Å². The Morgan fingerprint density at radius 2 is 0.478 bits per heavy atom. The Hall–Kier alpha value is -0.240.